The monoisotopic (exact) mass is 272 g/mol. The molecular weight excluding hydrogens is 252 g/mol. The Morgan fingerprint density at radius 2 is 2.10 bits per heavy atom. The number of nitrogens with one attached hydrogen (secondary N) is 2. The number of hydrogen-bond donors (Lipinski definition) is 3. The van der Waals surface area contributed by atoms with Crippen LogP contribution in [0.2, 0.25) is 0 Å². The largest absolute Gasteiger partial charge is 0.396 e. The molecule has 0 saturated heterocycles. The van der Waals surface area contributed by atoms with Gasteiger partial charge in [-0.3, -0.25) is 4.79 Å². The molecule has 20 heavy (non-hydrogen) atoms. The molecule has 1 aliphatic rings. The van der Waals surface area contributed by atoms with E-state index in [-0.39, 0.29) is 17.9 Å². The number of aromatic amines is 1. The van der Waals surface area contributed by atoms with Crippen molar-refractivity contribution in [3.8, 4) is 0 Å². The molecule has 1 saturated carbocycles. The lowest BCUT2D eigenvalue weighted by molar-refractivity contribution is 0.0881. The lowest BCUT2D eigenvalue weighted by Crippen LogP contribution is -2.38. The summed E-state index contributed by atoms with van der Waals surface area (Å²) in [5.41, 5.74) is 1.52. The van der Waals surface area contributed by atoms with Crippen LogP contribution < -0.4 is 5.32 Å². The Morgan fingerprint density at radius 1 is 1.30 bits per heavy atom. The molecule has 1 heterocycles. The third kappa shape index (κ3) is 2.43. The molecule has 1 aromatic carbocycles. The Labute approximate surface area is 118 Å². The average Bonchev–Trinajstić information content (AvgIpc) is 3.13. The van der Waals surface area contributed by atoms with E-state index < -0.39 is 0 Å². The maximum atomic E-state index is 12.2. The Balaban J connectivity index is 1.69. The molecular formula is C16H20N2O2. The number of aliphatic hydroxyl groups is 1. The molecule has 0 unspecified atom stereocenters. The second-order valence-electron chi connectivity index (χ2n) is 5.83. The summed E-state index contributed by atoms with van der Waals surface area (Å²) in [6.45, 7) is 0.716. The van der Waals surface area contributed by atoms with E-state index in [0.717, 1.165) is 36.6 Å². The molecule has 0 atom stereocenters. The van der Waals surface area contributed by atoms with Gasteiger partial charge in [-0.2, -0.15) is 0 Å². The summed E-state index contributed by atoms with van der Waals surface area (Å²) in [7, 11) is 0. The summed E-state index contributed by atoms with van der Waals surface area (Å²) in [4.78, 5) is 15.3. The van der Waals surface area contributed by atoms with Gasteiger partial charge in [-0.05, 0) is 36.4 Å². The van der Waals surface area contributed by atoms with E-state index in [1.807, 2.05) is 30.5 Å². The van der Waals surface area contributed by atoms with Gasteiger partial charge in [0.25, 0.3) is 5.91 Å². The quantitative estimate of drug-likeness (QED) is 0.800. The highest BCUT2D eigenvalue weighted by Crippen LogP contribution is 2.36. The van der Waals surface area contributed by atoms with Gasteiger partial charge in [0.1, 0.15) is 0 Å². The number of aromatic nitrogens is 1. The summed E-state index contributed by atoms with van der Waals surface area (Å²) in [5, 5.41) is 13.6. The first-order valence-corrected chi connectivity index (χ1v) is 7.19. The highest BCUT2D eigenvalue weighted by Gasteiger charge is 2.33. The first-order chi connectivity index (χ1) is 9.72. The average molecular weight is 272 g/mol. The Hall–Kier alpha value is -1.81. The number of rotatable bonds is 4. The molecule has 0 aliphatic heterocycles. The van der Waals surface area contributed by atoms with Crippen LogP contribution >= 0.6 is 0 Å². The van der Waals surface area contributed by atoms with E-state index in [9.17, 15) is 9.90 Å². The SMILES string of the molecule is O=C(NCC1(CO)CCCC1)c1ccc2cc[nH]c2c1. The highest BCUT2D eigenvalue weighted by atomic mass is 16.3. The van der Waals surface area contributed by atoms with Crippen molar-refractivity contribution >= 4 is 16.8 Å². The second kappa shape index (κ2) is 5.29. The predicted molar refractivity (Wildman–Crippen MR) is 78.6 cm³/mol. The van der Waals surface area contributed by atoms with Crippen LogP contribution in [0.1, 0.15) is 36.0 Å². The summed E-state index contributed by atoms with van der Waals surface area (Å²) < 4.78 is 0. The first kappa shape index (κ1) is 13.2. The first-order valence-electron chi connectivity index (χ1n) is 7.19. The molecule has 0 spiro atoms. The van der Waals surface area contributed by atoms with Crippen LogP contribution in [-0.4, -0.2) is 29.1 Å². The van der Waals surface area contributed by atoms with E-state index in [2.05, 4.69) is 10.3 Å². The van der Waals surface area contributed by atoms with Crippen LogP contribution in [0.4, 0.5) is 0 Å². The van der Waals surface area contributed by atoms with Crippen molar-refractivity contribution in [2.24, 2.45) is 5.41 Å². The van der Waals surface area contributed by atoms with Gasteiger partial charge in [0.2, 0.25) is 0 Å². The van der Waals surface area contributed by atoms with Gasteiger partial charge < -0.3 is 15.4 Å². The molecule has 1 fully saturated rings. The Kier molecular flexibility index (Phi) is 3.49. The van der Waals surface area contributed by atoms with Crippen molar-refractivity contribution in [3.63, 3.8) is 0 Å². The number of aliphatic hydroxyl groups excluding tert-OH is 1. The Morgan fingerprint density at radius 3 is 2.85 bits per heavy atom. The summed E-state index contributed by atoms with van der Waals surface area (Å²) in [6, 6.07) is 7.63. The van der Waals surface area contributed by atoms with Crippen molar-refractivity contribution < 1.29 is 9.90 Å². The number of H-pyrrole nitrogens is 1. The standard InChI is InChI=1S/C16H20N2O2/c19-11-16(6-1-2-7-16)10-18-15(20)13-4-3-12-5-8-17-14(12)9-13/h3-5,8-9,17,19H,1-2,6-7,10-11H2,(H,18,20). The van der Waals surface area contributed by atoms with Crippen molar-refractivity contribution in [2.45, 2.75) is 25.7 Å². The maximum Gasteiger partial charge on any atom is 0.251 e. The van der Waals surface area contributed by atoms with Gasteiger partial charge in [-0.15, -0.1) is 0 Å². The van der Waals surface area contributed by atoms with Gasteiger partial charge in [0, 0.05) is 29.2 Å². The second-order valence-corrected chi connectivity index (χ2v) is 5.83. The Bertz CT molecular complexity index is 612. The fraction of sp³-hybridized carbons (Fsp3) is 0.438. The van der Waals surface area contributed by atoms with E-state index >= 15 is 0 Å². The molecule has 2 aromatic rings. The lowest BCUT2D eigenvalue weighted by atomic mass is 9.87. The number of carbonyl (C=O) groups excluding carboxylic acids is 1. The molecule has 4 heteroatoms. The molecule has 1 aliphatic carbocycles. The van der Waals surface area contributed by atoms with E-state index in [1.54, 1.807) is 0 Å². The van der Waals surface area contributed by atoms with E-state index in [4.69, 9.17) is 0 Å². The third-order valence-electron chi connectivity index (χ3n) is 4.44. The minimum Gasteiger partial charge on any atom is -0.396 e. The van der Waals surface area contributed by atoms with E-state index in [0.29, 0.717) is 12.1 Å². The number of fused-ring (bicyclic) bond motifs is 1. The summed E-state index contributed by atoms with van der Waals surface area (Å²) >= 11 is 0. The molecule has 3 N–H and O–H groups in total. The van der Waals surface area contributed by atoms with Crippen LogP contribution in [0.25, 0.3) is 10.9 Å². The zero-order chi connectivity index (χ0) is 14.0. The molecule has 1 amide bonds. The van der Waals surface area contributed by atoms with Crippen molar-refractivity contribution in [3.05, 3.63) is 36.0 Å². The number of hydrogen-bond acceptors (Lipinski definition) is 2. The summed E-state index contributed by atoms with van der Waals surface area (Å²) in [6.07, 6.45) is 6.15. The van der Waals surface area contributed by atoms with Crippen LogP contribution in [0.15, 0.2) is 30.5 Å². The van der Waals surface area contributed by atoms with Gasteiger partial charge in [-0.1, -0.05) is 18.9 Å². The maximum absolute atomic E-state index is 12.2. The minimum atomic E-state index is -0.105. The smallest absolute Gasteiger partial charge is 0.251 e. The molecule has 3 rings (SSSR count). The fourth-order valence-electron chi connectivity index (χ4n) is 3.07. The fourth-order valence-corrected chi connectivity index (χ4v) is 3.07. The van der Waals surface area contributed by atoms with Crippen LogP contribution in [0.5, 0.6) is 0 Å². The third-order valence-corrected chi connectivity index (χ3v) is 4.44. The molecule has 4 nitrogen and oxygen atoms in total. The van der Waals surface area contributed by atoms with Gasteiger partial charge in [0.05, 0.1) is 6.61 Å². The minimum absolute atomic E-state index is 0.0683. The van der Waals surface area contributed by atoms with E-state index in [1.165, 1.54) is 0 Å². The van der Waals surface area contributed by atoms with Gasteiger partial charge >= 0.3 is 0 Å². The number of carbonyl (C=O) groups is 1. The van der Waals surface area contributed by atoms with Gasteiger partial charge in [-0.25, -0.2) is 0 Å². The number of benzene rings is 1. The van der Waals surface area contributed by atoms with Crippen LogP contribution in [0, 0.1) is 5.41 Å². The topological polar surface area (TPSA) is 65.1 Å². The van der Waals surface area contributed by atoms with Crippen molar-refractivity contribution in [2.75, 3.05) is 13.2 Å². The lowest BCUT2D eigenvalue weighted by Gasteiger charge is -2.26. The predicted octanol–water partition coefficient (Wildman–Crippen LogP) is 2.45. The molecule has 1 aromatic heterocycles. The van der Waals surface area contributed by atoms with Crippen molar-refractivity contribution in [1.29, 1.82) is 0 Å². The zero-order valence-corrected chi connectivity index (χ0v) is 11.5. The molecule has 0 bridgehead atoms. The highest BCUT2D eigenvalue weighted by molar-refractivity contribution is 5.97. The van der Waals surface area contributed by atoms with Crippen molar-refractivity contribution in [1.82, 2.24) is 10.3 Å². The van der Waals surface area contributed by atoms with Gasteiger partial charge in [0.15, 0.2) is 0 Å². The normalized spacial score (nSPS) is 17.4. The molecule has 106 valence electrons. The van der Waals surface area contributed by atoms with Crippen LogP contribution in [0.3, 0.4) is 0 Å². The van der Waals surface area contributed by atoms with Crippen LogP contribution in [-0.2, 0) is 0 Å². The molecule has 0 radical (unpaired) electrons. The number of amides is 1. The zero-order valence-electron chi connectivity index (χ0n) is 11.5. The summed E-state index contributed by atoms with van der Waals surface area (Å²) in [5.74, 6) is -0.0683.